The Kier molecular flexibility index (Phi) is 5.59. The third kappa shape index (κ3) is 4.27. The monoisotopic (exact) mass is 368 g/mol. The van der Waals surface area contributed by atoms with Crippen LogP contribution in [0.2, 0.25) is 10.0 Å². The summed E-state index contributed by atoms with van der Waals surface area (Å²) >= 11 is 13.6. The molecule has 6 heteroatoms. The number of thiophene rings is 1. The third-order valence-electron chi connectivity index (χ3n) is 4.00. The predicted octanol–water partition coefficient (Wildman–Crippen LogP) is 4.16. The zero-order valence-corrected chi connectivity index (χ0v) is 14.9. The van der Waals surface area contributed by atoms with Gasteiger partial charge in [-0.05, 0) is 30.2 Å². The van der Waals surface area contributed by atoms with Crippen molar-refractivity contribution in [2.75, 3.05) is 19.6 Å². The van der Waals surface area contributed by atoms with Gasteiger partial charge in [-0.2, -0.15) is 0 Å². The molecule has 1 atom stereocenters. The van der Waals surface area contributed by atoms with Crippen LogP contribution in [0.25, 0.3) is 0 Å². The number of piperazine rings is 1. The number of amides is 1. The van der Waals surface area contributed by atoms with Crippen LogP contribution in [0.5, 0.6) is 0 Å². The predicted molar refractivity (Wildman–Crippen MR) is 96.4 cm³/mol. The van der Waals surface area contributed by atoms with Crippen LogP contribution in [0.3, 0.4) is 0 Å². The van der Waals surface area contributed by atoms with Gasteiger partial charge in [0.2, 0.25) is 5.91 Å². The Morgan fingerprint density at radius 1 is 1.30 bits per heavy atom. The van der Waals surface area contributed by atoms with E-state index in [1.54, 1.807) is 11.3 Å². The fourth-order valence-corrected chi connectivity index (χ4v) is 4.15. The topological polar surface area (TPSA) is 32.3 Å². The molecule has 2 aromatic rings. The Morgan fingerprint density at radius 3 is 2.91 bits per heavy atom. The largest absolute Gasteiger partial charge is 0.333 e. The summed E-state index contributed by atoms with van der Waals surface area (Å²) in [6.45, 7) is 2.31. The highest BCUT2D eigenvalue weighted by molar-refractivity contribution is 7.10. The van der Waals surface area contributed by atoms with Crippen LogP contribution < -0.4 is 5.32 Å². The molecule has 1 aromatic heterocycles. The van der Waals surface area contributed by atoms with Gasteiger partial charge in [0.15, 0.2) is 0 Å². The third-order valence-corrected chi connectivity index (χ3v) is 5.58. The number of halogens is 2. The molecule has 1 aliphatic rings. The Morgan fingerprint density at radius 2 is 2.17 bits per heavy atom. The van der Waals surface area contributed by atoms with Crippen molar-refractivity contribution in [1.29, 1.82) is 0 Å². The van der Waals surface area contributed by atoms with Crippen LogP contribution in [0.4, 0.5) is 0 Å². The fourth-order valence-electron chi connectivity index (χ4n) is 2.87. The molecule has 0 spiro atoms. The quantitative estimate of drug-likeness (QED) is 0.878. The Labute approximate surface area is 150 Å². The molecule has 0 radical (unpaired) electrons. The molecule has 2 heterocycles. The SMILES string of the molecule is O=C(CCc1cc(Cl)cs1)N1CCNCC1c1cccc(Cl)c1. The summed E-state index contributed by atoms with van der Waals surface area (Å²) in [5.74, 6) is 0.181. The second kappa shape index (κ2) is 7.67. The molecule has 3 rings (SSSR count). The summed E-state index contributed by atoms with van der Waals surface area (Å²) in [6, 6.07) is 9.74. The van der Waals surface area contributed by atoms with Gasteiger partial charge in [-0.15, -0.1) is 11.3 Å². The number of carbonyl (C=O) groups is 1. The van der Waals surface area contributed by atoms with Crippen LogP contribution >= 0.6 is 34.5 Å². The maximum absolute atomic E-state index is 12.7. The number of benzene rings is 1. The van der Waals surface area contributed by atoms with Crippen LogP contribution in [0.15, 0.2) is 35.7 Å². The summed E-state index contributed by atoms with van der Waals surface area (Å²) in [7, 11) is 0. The molecular formula is C17H18Cl2N2OS. The molecule has 1 aliphatic heterocycles. The van der Waals surface area contributed by atoms with Gasteiger partial charge in [0.05, 0.1) is 11.1 Å². The smallest absolute Gasteiger partial charge is 0.223 e. The minimum absolute atomic E-state index is 0.0434. The van der Waals surface area contributed by atoms with Crippen molar-refractivity contribution < 1.29 is 4.79 Å². The Balaban J connectivity index is 1.69. The zero-order chi connectivity index (χ0) is 16.2. The van der Waals surface area contributed by atoms with Crippen LogP contribution in [-0.4, -0.2) is 30.4 Å². The normalized spacial score (nSPS) is 18.2. The highest BCUT2D eigenvalue weighted by Crippen LogP contribution is 2.26. The molecule has 1 aromatic carbocycles. The molecule has 1 unspecified atom stereocenters. The average molecular weight is 369 g/mol. The number of rotatable bonds is 4. The van der Waals surface area contributed by atoms with Crippen molar-refractivity contribution in [3.05, 3.63) is 56.2 Å². The van der Waals surface area contributed by atoms with Gasteiger partial charge in [0, 0.05) is 41.3 Å². The first kappa shape index (κ1) is 16.8. The van der Waals surface area contributed by atoms with Gasteiger partial charge < -0.3 is 10.2 Å². The molecule has 1 fully saturated rings. The number of hydrogen-bond acceptors (Lipinski definition) is 3. The summed E-state index contributed by atoms with van der Waals surface area (Å²) in [4.78, 5) is 15.8. The summed E-state index contributed by atoms with van der Waals surface area (Å²) in [6.07, 6.45) is 1.25. The van der Waals surface area contributed by atoms with E-state index >= 15 is 0 Å². The van der Waals surface area contributed by atoms with Crippen LogP contribution in [0.1, 0.15) is 22.9 Å². The first-order chi connectivity index (χ1) is 11.1. The van der Waals surface area contributed by atoms with Gasteiger partial charge in [0.1, 0.15) is 0 Å². The van der Waals surface area contributed by atoms with Gasteiger partial charge in [-0.1, -0.05) is 35.3 Å². The number of nitrogens with one attached hydrogen (secondary N) is 1. The number of hydrogen-bond donors (Lipinski definition) is 1. The van der Waals surface area contributed by atoms with E-state index < -0.39 is 0 Å². The minimum atomic E-state index is 0.0434. The van der Waals surface area contributed by atoms with Crippen LogP contribution in [-0.2, 0) is 11.2 Å². The van der Waals surface area contributed by atoms with E-state index in [0.717, 1.165) is 41.5 Å². The molecule has 0 aliphatic carbocycles. The van der Waals surface area contributed by atoms with Gasteiger partial charge >= 0.3 is 0 Å². The van der Waals surface area contributed by atoms with Crippen LogP contribution in [0, 0.1) is 0 Å². The second-order valence-electron chi connectivity index (χ2n) is 5.59. The lowest BCUT2D eigenvalue weighted by Gasteiger charge is -2.36. The first-order valence-corrected chi connectivity index (χ1v) is 9.25. The van der Waals surface area contributed by atoms with E-state index in [2.05, 4.69) is 5.32 Å². The molecular weight excluding hydrogens is 351 g/mol. The van der Waals surface area contributed by atoms with Gasteiger partial charge in [-0.25, -0.2) is 0 Å². The molecule has 1 N–H and O–H groups in total. The van der Waals surface area contributed by atoms with Crippen molar-refractivity contribution in [3.63, 3.8) is 0 Å². The van der Waals surface area contributed by atoms with Crippen molar-refractivity contribution >= 4 is 40.4 Å². The fraction of sp³-hybridized carbons (Fsp3) is 0.353. The van der Waals surface area contributed by atoms with E-state index in [4.69, 9.17) is 23.2 Å². The number of aryl methyl sites for hydroxylation is 1. The van der Waals surface area contributed by atoms with E-state index in [9.17, 15) is 4.79 Å². The molecule has 1 saturated heterocycles. The molecule has 3 nitrogen and oxygen atoms in total. The lowest BCUT2D eigenvalue weighted by Crippen LogP contribution is -2.48. The second-order valence-corrected chi connectivity index (χ2v) is 7.46. The standard InChI is InChI=1S/C17H18Cl2N2OS/c18-13-3-1-2-12(8-13)16-10-20-6-7-21(16)17(22)5-4-15-9-14(19)11-23-15/h1-3,8-9,11,16,20H,4-7,10H2. The van der Waals surface area contributed by atoms with Crippen molar-refractivity contribution in [3.8, 4) is 0 Å². The van der Waals surface area contributed by atoms with E-state index in [-0.39, 0.29) is 11.9 Å². The Bertz CT molecular complexity index is 689. The maximum Gasteiger partial charge on any atom is 0.223 e. The lowest BCUT2D eigenvalue weighted by molar-refractivity contribution is -0.134. The lowest BCUT2D eigenvalue weighted by atomic mass is 10.0. The molecule has 23 heavy (non-hydrogen) atoms. The summed E-state index contributed by atoms with van der Waals surface area (Å²) in [5, 5.41) is 6.72. The number of carbonyl (C=O) groups excluding carboxylic acids is 1. The molecule has 122 valence electrons. The average Bonchev–Trinajstić information content (AvgIpc) is 2.98. The van der Waals surface area contributed by atoms with Crippen molar-refractivity contribution in [2.45, 2.75) is 18.9 Å². The van der Waals surface area contributed by atoms with E-state index in [1.807, 2.05) is 40.6 Å². The van der Waals surface area contributed by atoms with Crippen molar-refractivity contribution in [2.24, 2.45) is 0 Å². The molecule has 0 saturated carbocycles. The maximum atomic E-state index is 12.7. The summed E-state index contributed by atoms with van der Waals surface area (Å²) in [5.41, 5.74) is 1.08. The highest BCUT2D eigenvalue weighted by Gasteiger charge is 2.27. The van der Waals surface area contributed by atoms with E-state index in [0.29, 0.717) is 11.4 Å². The molecule has 0 bridgehead atoms. The van der Waals surface area contributed by atoms with Gasteiger partial charge in [-0.3, -0.25) is 4.79 Å². The van der Waals surface area contributed by atoms with Crippen molar-refractivity contribution in [1.82, 2.24) is 10.2 Å². The highest BCUT2D eigenvalue weighted by atomic mass is 35.5. The Hall–Kier alpha value is -1.07. The van der Waals surface area contributed by atoms with E-state index in [1.165, 1.54) is 0 Å². The first-order valence-electron chi connectivity index (χ1n) is 7.62. The zero-order valence-electron chi connectivity index (χ0n) is 12.6. The summed E-state index contributed by atoms with van der Waals surface area (Å²) < 4.78 is 0. The minimum Gasteiger partial charge on any atom is -0.333 e. The molecule has 1 amide bonds. The van der Waals surface area contributed by atoms with Gasteiger partial charge in [0.25, 0.3) is 0 Å². The number of nitrogens with zero attached hydrogens (tertiary/aromatic N) is 1.